The molecule has 0 saturated carbocycles. The van der Waals surface area contributed by atoms with E-state index in [9.17, 15) is 4.79 Å². The van der Waals surface area contributed by atoms with Crippen molar-refractivity contribution >= 4 is 29.5 Å². The molecule has 0 unspecified atom stereocenters. The van der Waals surface area contributed by atoms with Crippen LogP contribution in [0.2, 0.25) is 0 Å². The van der Waals surface area contributed by atoms with Gasteiger partial charge in [-0.3, -0.25) is 4.79 Å². The Morgan fingerprint density at radius 2 is 1.86 bits per heavy atom. The molecule has 0 bridgehead atoms. The summed E-state index contributed by atoms with van der Waals surface area (Å²) in [6.07, 6.45) is 1.98. The third-order valence-electron chi connectivity index (χ3n) is 7.96. The fraction of sp³-hybridized carbons (Fsp3) is 0.429. The van der Waals surface area contributed by atoms with E-state index in [4.69, 9.17) is 18.8 Å². The van der Waals surface area contributed by atoms with E-state index in [-0.39, 0.29) is 17.9 Å². The third kappa shape index (κ3) is 4.62. The van der Waals surface area contributed by atoms with E-state index >= 15 is 0 Å². The van der Waals surface area contributed by atoms with Crippen molar-refractivity contribution in [2.75, 3.05) is 13.7 Å². The number of likely N-dealkylation sites (tertiary alicyclic amines) is 1. The van der Waals surface area contributed by atoms with Crippen molar-refractivity contribution in [3.63, 3.8) is 0 Å². The Bertz CT molecular complexity index is 1320. The molecule has 0 spiro atoms. The van der Waals surface area contributed by atoms with E-state index in [1.807, 2.05) is 75.9 Å². The zero-order valence-electron chi connectivity index (χ0n) is 22.3. The molecule has 2 aliphatic heterocycles. The molecular formula is C28H34BN3O5. The lowest BCUT2D eigenvalue weighted by Gasteiger charge is -2.32. The Hall–Kier alpha value is -3.30. The van der Waals surface area contributed by atoms with E-state index in [0.29, 0.717) is 30.0 Å². The summed E-state index contributed by atoms with van der Waals surface area (Å²) in [4.78, 5) is 22.4. The van der Waals surface area contributed by atoms with Gasteiger partial charge in [-0.2, -0.15) is 0 Å². The van der Waals surface area contributed by atoms with Gasteiger partial charge in [0.1, 0.15) is 17.0 Å². The maximum absolute atomic E-state index is 13.0. The largest absolute Gasteiger partial charge is 0.497 e. The van der Waals surface area contributed by atoms with Crippen LogP contribution in [0.25, 0.3) is 11.0 Å². The average Bonchev–Trinajstić information content (AvgIpc) is 3.54. The normalized spacial score (nSPS) is 21.5. The van der Waals surface area contributed by atoms with Crippen LogP contribution >= 0.6 is 0 Å². The number of amides is 1. The van der Waals surface area contributed by atoms with Crippen LogP contribution in [0.15, 0.2) is 55.1 Å². The van der Waals surface area contributed by atoms with Gasteiger partial charge in [-0.15, -0.1) is 0 Å². The molecule has 2 atom stereocenters. The monoisotopic (exact) mass is 503 g/mol. The predicted molar refractivity (Wildman–Crippen MR) is 143 cm³/mol. The molecule has 0 aliphatic carbocycles. The number of ether oxygens (including phenoxy) is 2. The maximum Gasteiger partial charge on any atom is 0.495 e. The number of carbonyl (C=O) groups is 1. The molecule has 3 heterocycles. The van der Waals surface area contributed by atoms with Gasteiger partial charge in [0.05, 0.1) is 36.2 Å². The zero-order chi connectivity index (χ0) is 26.5. The highest BCUT2D eigenvalue weighted by molar-refractivity contribution is 6.62. The van der Waals surface area contributed by atoms with Gasteiger partial charge in [0.2, 0.25) is 5.91 Å². The van der Waals surface area contributed by atoms with E-state index < -0.39 is 18.3 Å². The number of benzene rings is 2. The minimum Gasteiger partial charge on any atom is -0.497 e. The zero-order valence-corrected chi connectivity index (χ0v) is 22.3. The molecule has 37 heavy (non-hydrogen) atoms. The average molecular weight is 503 g/mol. The standard InChI is InChI=1S/C28H34BN3O5/c1-17(19-8-10-22(34-7)11-9-19)32-15-20(12-25(32)33)18(2)35-24-14-21(13-23-26(24)31-16-30-23)29-36-27(3,4)28(5,6)37-29/h8-11,13-14,16-17,20H,2,12,15H2,1,3-7H3,(H,30,31)/t17-,20-/m1/s1. The van der Waals surface area contributed by atoms with Crippen molar-refractivity contribution in [1.82, 2.24) is 14.9 Å². The number of aromatic nitrogens is 2. The third-order valence-corrected chi connectivity index (χ3v) is 7.96. The second kappa shape index (κ2) is 9.22. The van der Waals surface area contributed by atoms with E-state index in [2.05, 4.69) is 16.5 Å². The fourth-order valence-corrected chi connectivity index (χ4v) is 4.84. The number of rotatable bonds is 7. The summed E-state index contributed by atoms with van der Waals surface area (Å²) in [6.45, 7) is 14.9. The van der Waals surface area contributed by atoms with Crippen molar-refractivity contribution in [3.05, 3.63) is 60.6 Å². The van der Waals surface area contributed by atoms with Crippen LogP contribution in [0.3, 0.4) is 0 Å². The Morgan fingerprint density at radius 3 is 2.51 bits per heavy atom. The molecule has 194 valence electrons. The summed E-state index contributed by atoms with van der Waals surface area (Å²) in [5.41, 5.74) is 2.46. The highest BCUT2D eigenvalue weighted by Gasteiger charge is 2.52. The summed E-state index contributed by atoms with van der Waals surface area (Å²) in [6, 6.07) is 11.6. The smallest absolute Gasteiger partial charge is 0.495 e. The Kier molecular flexibility index (Phi) is 6.32. The van der Waals surface area contributed by atoms with Crippen molar-refractivity contribution in [1.29, 1.82) is 0 Å². The van der Waals surface area contributed by atoms with Crippen LogP contribution in [0, 0.1) is 5.92 Å². The summed E-state index contributed by atoms with van der Waals surface area (Å²) in [7, 11) is 1.10. The second-order valence-corrected chi connectivity index (χ2v) is 10.9. The minimum atomic E-state index is -0.540. The summed E-state index contributed by atoms with van der Waals surface area (Å²) in [5, 5.41) is 0. The van der Waals surface area contributed by atoms with Crippen LogP contribution in [-0.4, -0.2) is 52.8 Å². The fourth-order valence-electron chi connectivity index (χ4n) is 4.84. The lowest BCUT2D eigenvalue weighted by Crippen LogP contribution is -2.41. The van der Waals surface area contributed by atoms with Crippen molar-refractivity contribution in [2.24, 2.45) is 5.92 Å². The Balaban J connectivity index is 1.33. The molecule has 2 saturated heterocycles. The molecule has 1 N–H and O–H groups in total. The highest BCUT2D eigenvalue weighted by atomic mass is 16.7. The molecular weight excluding hydrogens is 469 g/mol. The van der Waals surface area contributed by atoms with Gasteiger partial charge in [-0.05, 0) is 69.9 Å². The molecule has 9 heteroatoms. The molecule has 1 amide bonds. The van der Waals surface area contributed by atoms with Gasteiger partial charge >= 0.3 is 7.12 Å². The van der Waals surface area contributed by atoms with E-state index in [1.165, 1.54) is 0 Å². The number of H-pyrrole nitrogens is 1. The number of imidazole rings is 1. The number of hydrogen-bond acceptors (Lipinski definition) is 6. The van der Waals surface area contributed by atoms with Crippen molar-refractivity contribution < 1.29 is 23.6 Å². The molecule has 3 aromatic rings. The van der Waals surface area contributed by atoms with Crippen molar-refractivity contribution in [2.45, 2.75) is 58.3 Å². The molecule has 8 nitrogen and oxygen atoms in total. The van der Waals surface area contributed by atoms with Gasteiger partial charge in [-0.25, -0.2) is 4.98 Å². The van der Waals surface area contributed by atoms with Crippen LogP contribution < -0.4 is 14.9 Å². The van der Waals surface area contributed by atoms with Gasteiger partial charge in [0.15, 0.2) is 5.75 Å². The Labute approximate surface area is 218 Å². The van der Waals surface area contributed by atoms with Crippen LogP contribution in [0.5, 0.6) is 11.5 Å². The summed E-state index contributed by atoms with van der Waals surface area (Å²) >= 11 is 0. The number of fused-ring (bicyclic) bond motifs is 1. The summed E-state index contributed by atoms with van der Waals surface area (Å²) in [5.74, 6) is 1.82. The first-order valence-corrected chi connectivity index (χ1v) is 12.6. The number of methoxy groups -OCH3 is 1. The maximum atomic E-state index is 13.0. The molecule has 5 rings (SSSR count). The number of aromatic amines is 1. The first-order valence-electron chi connectivity index (χ1n) is 12.6. The highest BCUT2D eigenvalue weighted by Crippen LogP contribution is 2.38. The van der Waals surface area contributed by atoms with Crippen molar-refractivity contribution in [3.8, 4) is 11.5 Å². The predicted octanol–water partition coefficient (Wildman–Crippen LogP) is 4.37. The molecule has 2 fully saturated rings. The lowest BCUT2D eigenvalue weighted by molar-refractivity contribution is -0.129. The van der Waals surface area contributed by atoms with E-state index in [1.54, 1.807) is 13.4 Å². The first kappa shape index (κ1) is 25.4. The minimum absolute atomic E-state index is 0.0686. The van der Waals surface area contributed by atoms with Crippen LogP contribution in [0.4, 0.5) is 0 Å². The number of carbonyl (C=O) groups excluding carboxylic acids is 1. The topological polar surface area (TPSA) is 85.9 Å². The Morgan fingerprint density at radius 1 is 1.19 bits per heavy atom. The second-order valence-electron chi connectivity index (χ2n) is 10.9. The summed E-state index contributed by atoms with van der Waals surface area (Å²) < 4.78 is 24.1. The molecule has 2 aliphatic rings. The molecule has 0 radical (unpaired) electrons. The van der Waals surface area contributed by atoms with Crippen LogP contribution in [-0.2, 0) is 14.1 Å². The lowest BCUT2D eigenvalue weighted by atomic mass is 9.79. The first-order chi connectivity index (χ1) is 17.5. The molecule has 2 aromatic carbocycles. The van der Waals surface area contributed by atoms with Gasteiger partial charge in [0.25, 0.3) is 0 Å². The number of nitrogens with zero attached hydrogens (tertiary/aromatic N) is 2. The van der Waals surface area contributed by atoms with Crippen LogP contribution in [0.1, 0.15) is 52.6 Å². The van der Waals surface area contributed by atoms with Gasteiger partial charge < -0.3 is 28.7 Å². The van der Waals surface area contributed by atoms with E-state index in [0.717, 1.165) is 22.3 Å². The van der Waals surface area contributed by atoms with Gasteiger partial charge in [0, 0.05) is 18.9 Å². The quantitative estimate of drug-likeness (QED) is 0.381. The number of hydrogen-bond donors (Lipinski definition) is 1. The molecule has 1 aromatic heterocycles. The SMILES string of the molecule is C=C(Oc1cc(B2OC(C)(C)C(C)(C)O2)cc2[nH]cnc12)[C@@H]1CC(=O)N([C@H](C)c2ccc(OC)cc2)C1. The van der Waals surface area contributed by atoms with Gasteiger partial charge in [-0.1, -0.05) is 18.7 Å². The number of nitrogens with one attached hydrogen (secondary N) is 1.